The highest BCUT2D eigenvalue weighted by molar-refractivity contribution is 7.43. The topological polar surface area (TPSA) is 0 Å². The Morgan fingerprint density at radius 2 is 2.20 bits per heavy atom. The molecule has 0 radical (unpaired) electrons. The second-order valence-electron chi connectivity index (χ2n) is 0.625. The van der Waals surface area contributed by atoms with Crippen LogP contribution >= 0.6 is 8.58 Å². The fourth-order valence-electron chi connectivity index (χ4n) is 0.125. The maximum atomic E-state index is 2.89. The van der Waals surface area contributed by atoms with Crippen LogP contribution in [0.1, 0.15) is 6.92 Å². The zero-order valence-electron chi connectivity index (χ0n) is 3.50. The van der Waals surface area contributed by atoms with Gasteiger partial charge in [-0.2, -0.15) is 0 Å². The highest BCUT2D eigenvalue weighted by Gasteiger charge is 1.47. The summed E-state index contributed by atoms with van der Waals surface area (Å²) in [5.74, 6) is 2.78. The molecule has 0 bridgehead atoms. The third kappa shape index (κ3) is 3.99. The summed E-state index contributed by atoms with van der Waals surface area (Å²) >= 11 is 0. The molecular weight excluding hydrogens is 79.0 g/mol. The van der Waals surface area contributed by atoms with Crippen LogP contribution < -0.4 is 0 Å². The van der Waals surface area contributed by atoms with Crippen molar-refractivity contribution in [2.24, 2.45) is 0 Å². The van der Waals surface area contributed by atoms with Gasteiger partial charge in [0.05, 0.1) is 0 Å². The summed E-state index contributed by atoms with van der Waals surface area (Å²) in [6, 6.07) is 0. The van der Waals surface area contributed by atoms with Gasteiger partial charge in [0.2, 0.25) is 0 Å². The van der Waals surface area contributed by atoms with Crippen LogP contribution in [0, 0.1) is 11.6 Å². The molecule has 0 aromatic heterocycles. The summed E-state index contributed by atoms with van der Waals surface area (Å²) < 4.78 is 0. The van der Waals surface area contributed by atoms with Crippen molar-refractivity contribution in [1.82, 2.24) is 0 Å². The van der Waals surface area contributed by atoms with E-state index in [0.29, 0.717) is 0 Å². The Bertz CT molecular complexity index is 55.8. The Morgan fingerprint density at radius 1 is 1.60 bits per heavy atom. The van der Waals surface area contributed by atoms with Crippen molar-refractivity contribution in [2.75, 3.05) is 6.66 Å². The predicted molar refractivity (Wildman–Crippen MR) is 27.7 cm³/mol. The van der Waals surface area contributed by atoms with Crippen molar-refractivity contribution in [2.45, 2.75) is 6.92 Å². The van der Waals surface area contributed by atoms with Gasteiger partial charge in [0.15, 0.2) is 0 Å². The Hall–Kier alpha value is -0.0100. The minimum absolute atomic E-state index is 0.797. The fraction of sp³-hybridized carbons (Fsp3) is 0.500. The summed E-state index contributed by atoms with van der Waals surface area (Å²) in [6.45, 7) is 3.92. The highest BCUT2D eigenvalue weighted by atomic mass is 31.1. The van der Waals surface area contributed by atoms with Crippen LogP contribution in [0.15, 0.2) is 0 Å². The summed E-state index contributed by atoms with van der Waals surface area (Å²) in [5, 5.41) is 0. The van der Waals surface area contributed by atoms with Gasteiger partial charge in [-0.25, -0.2) is 0 Å². The van der Waals surface area contributed by atoms with Gasteiger partial charge in [-0.3, -0.25) is 0 Å². The van der Waals surface area contributed by atoms with Crippen LogP contribution in [0.25, 0.3) is 0 Å². The highest BCUT2D eigenvalue weighted by Crippen LogP contribution is 1.93. The van der Waals surface area contributed by atoms with E-state index in [1.165, 1.54) is 0 Å². The Balaban J connectivity index is 2.81. The molecule has 28 valence electrons. The minimum atomic E-state index is 0.797. The molecule has 0 aliphatic heterocycles. The number of hydrogen-bond acceptors (Lipinski definition) is 0. The van der Waals surface area contributed by atoms with Crippen molar-refractivity contribution in [3.63, 3.8) is 0 Å². The van der Waals surface area contributed by atoms with E-state index < -0.39 is 0 Å². The Labute approximate surface area is 34.7 Å². The smallest absolute Gasteiger partial charge is 0.00237 e. The molecule has 1 atom stereocenters. The van der Waals surface area contributed by atoms with Crippen molar-refractivity contribution >= 4 is 8.58 Å². The number of hydrogen-bond donors (Lipinski definition) is 0. The largest absolute Gasteiger partial charge is 0.102 e. The lowest BCUT2D eigenvalue weighted by atomic mass is 10.9. The van der Waals surface area contributed by atoms with E-state index >= 15 is 0 Å². The second-order valence-corrected chi connectivity index (χ2v) is 1.38. The minimum Gasteiger partial charge on any atom is -0.102 e. The molecule has 0 aromatic rings. The first-order chi connectivity index (χ1) is 2.41. The summed E-state index contributed by atoms with van der Waals surface area (Å²) in [6.07, 6.45) is 0. The van der Waals surface area contributed by atoms with E-state index in [9.17, 15) is 0 Å². The van der Waals surface area contributed by atoms with Crippen molar-refractivity contribution in [3.8, 4) is 11.6 Å². The zero-order chi connectivity index (χ0) is 4.12. The third-order valence-electron chi connectivity index (χ3n) is 0.250. The standard InChI is InChI=1S/C4H7P/c1-3-4-5-2/h5H,1-2H3. The molecule has 0 fully saturated rings. The van der Waals surface area contributed by atoms with Gasteiger partial charge in [-0.05, 0) is 22.2 Å². The first-order valence-corrected chi connectivity index (χ1v) is 3.00. The van der Waals surface area contributed by atoms with Crippen LogP contribution in [0.4, 0.5) is 0 Å². The normalized spacial score (nSPS) is 7.60. The van der Waals surface area contributed by atoms with Crippen molar-refractivity contribution in [1.29, 1.82) is 0 Å². The lowest BCUT2D eigenvalue weighted by Crippen LogP contribution is -1.31. The molecule has 0 aromatic carbocycles. The summed E-state index contributed by atoms with van der Waals surface area (Å²) in [7, 11) is 0.797. The quantitative estimate of drug-likeness (QED) is 0.307. The molecule has 0 rings (SSSR count). The molecule has 1 unspecified atom stereocenters. The van der Waals surface area contributed by atoms with Gasteiger partial charge in [0.25, 0.3) is 0 Å². The fourth-order valence-corrected chi connectivity index (χ4v) is 0.375. The average Bonchev–Trinajstić information content (AvgIpc) is 1.41. The third-order valence-corrected chi connectivity index (χ3v) is 0.750. The molecule has 5 heavy (non-hydrogen) atoms. The van der Waals surface area contributed by atoms with Crippen molar-refractivity contribution < 1.29 is 0 Å². The predicted octanol–water partition coefficient (Wildman–Crippen LogP) is 1.28. The first-order valence-electron chi connectivity index (χ1n) is 1.50. The molecule has 0 spiro atoms. The van der Waals surface area contributed by atoms with Gasteiger partial charge >= 0.3 is 0 Å². The average molecular weight is 86.1 g/mol. The lowest BCUT2D eigenvalue weighted by Gasteiger charge is -1.59. The van der Waals surface area contributed by atoms with E-state index in [1.54, 1.807) is 0 Å². The maximum Gasteiger partial charge on any atom is -0.00237 e. The molecule has 0 saturated heterocycles. The van der Waals surface area contributed by atoms with Crippen LogP contribution in [0.3, 0.4) is 0 Å². The van der Waals surface area contributed by atoms with Crippen LogP contribution in [0.2, 0.25) is 0 Å². The molecule has 0 heterocycles. The van der Waals surface area contributed by atoms with Gasteiger partial charge in [-0.1, -0.05) is 5.66 Å². The van der Waals surface area contributed by atoms with Crippen LogP contribution in [-0.2, 0) is 0 Å². The summed E-state index contributed by atoms with van der Waals surface area (Å²) in [4.78, 5) is 0. The lowest BCUT2D eigenvalue weighted by molar-refractivity contribution is 1.93. The molecule has 0 N–H and O–H groups in total. The van der Waals surface area contributed by atoms with E-state index in [2.05, 4.69) is 18.2 Å². The van der Waals surface area contributed by atoms with E-state index in [0.717, 1.165) is 8.58 Å². The second kappa shape index (κ2) is 3.99. The number of rotatable bonds is 0. The molecule has 0 saturated carbocycles. The molecule has 0 aliphatic rings. The Morgan fingerprint density at radius 3 is 2.20 bits per heavy atom. The van der Waals surface area contributed by atoms with Crippen LogP contribution in [0.5, 0.6) is 0 Å². The van der Waals surface area contributed by atoms with E-state index in [4.69, 9.17) is 0 Å². The summed E-state index contributed by atoms with van der Waals surface area (Å²) in [5.41, 5.74) is 2.89. The van der Waals surface area contributed by atoms with Gasteiger partial charge < -0.3 is 0 Å². The van der Waals surface area contributed by atoms with Gasteiger partial charge in [0, 0.05) is 0 Å². The monoisotopic (exact) mass is 86.0 g/mol. The first kappa shape index (κ1) is 4.99. The zero-order valence-corrected chi connectivity index (χ0v) is 4.50. The van der Waals surface area contributed by atoms with E-state index in [1.807, 2.05) is 6.92 Å². The SMILES string of the molecule is CC#CPC. The van der Waals surface area contributed by atoms with Crippen molar-refractivity contribution in [3.05, 3.63) is 0 Å². The van der Waals surface area contributed by atoms with Gasteiger partial charge in [-0.15, -0.1) is 5.92 Å². The maximum absolute atomic E-state index is 2.89. The Kier molecular flexibility index (Phi) is 3.98. The molecule has 0 amide bonds. The molecule has 0 nitrogen and oxygen atoms in total. The van der Waals surface area contributed by atoms with Crippen LogP contribution in [-0.4, -0.2) is 6.66 Å². The molecular formula is C4H7P. The van der Waals surface area contributed by atoms with Gasteiger partial charge in [0.1, 0.15) is 0 Å². The molecule has 0 aliphatic carbocycles. The van der Waals surface area contributed by atoms with E-state index in [-0.39, 0.29) is 0 Å². The molecule has 1 heteroatoms.